The van der Waals surface area contributed by atoms with Crippen molar-refractivity contribution >= 4 is 6.03 Å². The Morgan fingerprint density at radius 1 is 1.50 bits per heavy atom. The van der Waals surface area contributed by atoms with Crippen molar-refractivity contribution in [1.82, 2.24) is 10.6 Å². The molecule has 1 fully saturated rings. The van der Waals surface area contributed by atoms with E-state index in [-0.39, 0.29) is 11.6 Å². The molecule has 0 radical (unpaired) electrons. The molecule has 4 nitrogen and oxygen atoms in total. The lowest BCUT2D eigenvalue weighted by atomic mass is 9.93. The summed E-state index contributed by atoms with van der Waals surface area (Å²) >= 11 is 0. The average Bonchev–Trinajstić information content (AvgIpc) is 1.95. The molecule has 82 valence electrons. The minimum Gasteiger partial charge on any atom is -0.335 e. The maximum atomic E-state index is 11.5. The van der Waals surface area contributed by atoms with Crippen LogP contribution in [0.3, 0.4) is 0 Å². The standard InChI is InChI=1S/C10H21N3O/c1-10(2,6-7-11)13-9(14)12-8-4-3-5-8/h8H,3-7,11H2,1-2H3,(H2,12,13,14). The van der Waals surface area contributed by atoms with Gasteiger partial charge < -0.3 is 16.4 Å². The molecule has 0 aromatic heterocycles. The van der Waals surface area contributed by atoms with Crippen molar-refractivity contribution < 1.29 is 4.79 Å². The second kappa shape index (κ2) is 4.64. The Labute approximate surface area is 85.6 Å². The van der Waals surface area contributed by atoms with E-state index in [4.69, 9.17) is 5.73 Å². The number of nitrogens with one attached hydrogen (secondary N) is 2. The quantitative estimate of drug-likeness (QED) is 0.631. The van der Waals surface area contributed by atoms with E-state index in [1.54, 1.807) is 0 Å². The highest BCUT2D eigenvalue weighted by atomic mass is 16.2. The van der Waals surface area contributed by atoms with Gasteiger partial charge in [0.25, 0.3) is 0 Å². The van der Waals surface area contributed by atoms with Crippen LogP contribution in [-0.4, -0.2) is 24.2 Å². The number of hydrogen-bond acceptors (Lipinski definition) is 2. The second-order valence-electron chi connectivity index (χ2n) is 4.65. The van der Waals surface area contributed by atoms with E-state index in [0.717, 1.165) is 19.3 Å². The molecular weight excluding hydrogens is 178 g/mol. The zero-order valence-corrected chi connectivity index (χ0v) is 9.10. The van der Waals surface area contributed by atoms with Crippen molar-refractivity contribution in [2.24, 2.45) is 5.73 Å². The summed E-state index contributed by atoms with van der Waals surface area (Å²) in [6.45, 7) is 4.57. The number of amides is 2. The summed E-state index contributed by atoms with van der Waals surface area (Å²) in [5, 5.41) is 5.87. The molecule has 4 heteroatoms. The van der Waals surface area contributed by atoms with Gasteiger partial charge in [-0.3, -0.25) is 0 Å². The number of hydrogen-bond donors (Lipinski definition) is 3. The van der Waals surface area contributed by atoms with E-state index in [1.165, 1.54) is 6.42 Å². The fourth-order valence-corrected chi connectivity index (χ4v) is 1.50. The SMILES string of the molecule is CC(C)(CCN)NC(=O)NC1CCC1. The molecule has 0 atom stereocenters. The Hall–Kier alpha value is -0.770. The molecule has 0 aromatic rings. The summed E-state index contributed by atoms with van der Waals surface area (Å²) in [5.74, 6) is 0. The summed E-state index contributed by atoms with van der Waals surface area (Å²) in [4.78, 5) is 11.5. The van der Waals surface area contributed by atoms with E-state index in [9.17, 15) is 4.79 Å². The van der Waals surface area contributed by atoms with Crippen LogP contribution in [0.15, 0.2) is 0 Å². The van der Waals surface area contributed by atoms with Crippen LogP contribution in [0.5, 0.6) is 0 Å². The third-order valence-electron chi connectivity index (χ3n) is 2.66. The molecule has 1 aliphatic rings. The van der Waals surface area contributed by atoms with Crippen LogP contribution >= 0.6 is 0 Å². The first kappa shape index (κ1) is 11.3. The summed E-state index contributed by atoms with van der Waals surface area (Å²) in [7, 11) is 0. The van der Waals surface area contributed by atoms with Gasteiger partial charge >= 0.3 is 6.03 Å². The molecule has 1 saturated carbocycles. The number of nitrogens with two attached hydrogens (primary N) is 1. The molecule has 14 heavy (non-hydrogen) atoms. The van der Waals surface area contributed by atoms with E-state index < -0.39 is 0 Å². The van der Waals surface area contributed by atoms with E-state index in [2.05, 4.69) is 10.6 Å². The molecule has 0 spiro atoms. The highest BCUT2D eigenvalue weighted by Crippen LogP contribution is 2.18. The minimum atomic E-state index is -0.206. The van der Waals surface area contributed by atoms with Crippen molar-refractivity contribution in [3.8, 4) is 0 Å². The van der Waals surface area contributed by atoms with Gasteiger partial charge in [-0.25, -0.2) is 4.79 Å². The highest BCUT2D eigenvalue weighted by Gasteiger charge is 2.23. The lowest BCUT2D eigenvalue weighted by Gasteiger charge is -2.30. The van der Waals surface area contributed by atoms with Crippen molar-refractivity contribution in [3.63, 3.8) is 0 Å². The Kier molecular flexibility index (Phi) is 3.75. The monoisotopic (exact) mass is 199 g/mol. The molecule has 0 unspecified atom stereocenters. The lowest BCUT2D eigenvalue weighted by Crippen LogP contribution is -2.52. The van der Waals surface area contributed by atoms with Crippen LogP contribution in [0.4, 0.5) is 4.79 Å². The van der Waals surface area contributed by atoms with E-state index >= 15 is 0 Å². The average molecular weight is 199 g/mol. The van der Waals surface area contributed by atoms with Crippen LogP contribution in [0, 0.1) is 0 Å². The minimum absolute atomic E-state index is 0.0619. The van der Waals surface area contributed by atoms with Gasteiger partial charge in [0, 0.05) is 11.6 Å². The van der Waals surface area contributed by atoms with Crippen molar-refractivity contribution in [3.05, 3.63) is 0 Å². The first-order chi connectivity index (χ1) is 6.53. The molecule has 0 saturated heterocycles. The number of urea groups is 1. The highest BCUT2D eigenvalue weighted by molar-refractivity contribution is 5.75. The third-order valence-corrected chi connectivity index (χ3v) is 2.66. The first-order valence-electron chi connectivity index (χ1n) is 5.32. The number of carbonyl (C=O) groups is 1. The van der Waals surface area contributed by atoms with Crippen LogP contribution in [-0.2, 0) is 0 Å². The second-order valence-corrected chi connectivity index (χ2v) is 4.65. The van der Waals surface area contributed by atoms with E-state index in [0.29, 0.717) is 12.6 Å². The predicted octanol–water partition coefficient (Wildman–Crippen LogP) is 0.966. The summed E-state index contributed by atoms with van der Waals surface area (Å²) in [5.41, 5.74) is 5.25. The molecule has 2 amide bonds. The molecule has 0 heterocycles. The maximum Gasteiger partial charge on any atom is 0.315 e. The number of carbonyl (C=O) groups excluding carboxylic acids is 1. The van der Waals surface area contributed by atoms with Gasteiger partial charge in [0.15, 0.2) is 0 Å². The third kappa shape index (κ3) is 3.54. The van der Waals surface area contributed by atoms with Gasteiger partial charge in [0.1, 0.15) is 0 Å². The van der Waals surface area contributed by atoms with Crippen LogP contribution < -0.4 is 16.4 Å². The zero-order valence-electron chi connectivity index (χ0n) is 9.10. The van der Waals surface area contributed by atoms with Crippen molar-refractivity contribution in [2.45, 2.75) is 51.1 Å². The van der Waals surface area contributed by atoms with Crippen LogP contribution in [0.2, 0.25) is 0 Å². The summed E-state index contributed by atoms with van der Waals surface area (Å²) < 4.78 is 0. The maximum absolute atomic E-state index is 11.5. The Balaban J connectivity index is 2.23. The van der Waals surface area contributed by atoms with Gasteiger partial charge in [0.2, 0.25) is 0 Å². The fourth-order valence-electron chi connectivity index (χ4n) is 1.50. The molecule has 1 aliphatic carbocycles. The van der Waals surface area contributed by atoms with Gasteiger partial charge in [-0.15, -0.1) is 0 Å². The molecule has 0 bridgehead atoms. The fraction of sp³-hybridized carbons (Fsp3) is 0.900. The molecular formula is C10H21N3O. The van der Waals surface area contributed by atoms with Crippen LogP contribution in [0.1, 0.15) is 39.5 Å². The molecule has 4 N–H and O–H groups in total. The first-order valence-corrected chi connectivity index (χ1v) is 5.32. The van der Waals surface area contributed by atoms with Crippen LogP contribution in [0.25, 0.3) is 0 Å². The Morgan fingerprint density at radius 3 is 2.57 bits per heavy atom. The van der Waals surface area contributed by atoms with Crippen molar-refractivity contribution in [1.29, 1.82) is 0 Å². The Bertz CT molecular complexity index is 200. The smallest absolute Gasteiger partial charge is 0.315 e. The van der Waals surface area contributed by atoms with Gasteiger partial charge in [-0.2, -0.15) is 0 Å². The van der Waals surface area contributed by atoms with Gasteiger partial charge in [-0.05, 0) is 46.1 Å². The molecule has 0 aliphatic heterocycles. The normalized spacial score (nSPS) is 17.4. The summed E-state index contributed by atoms with van der Waals surface area (Å²) in [6, 6.07) is 0.330. The lowest BCUT2D eigenvalue weighted by molar-refractivity contribution is 0.216. The van der Waals surface area contributed by atoms with Gasteiger partial charge in [0.05, 0.1) is 0 Å². The number of rotatable bonds is 4. The molecule has 1 rings (SSSR count). The Morgan fingerprint density at radius 2 is 2.14 bits per heavy atom. The largest absolute Gasteiger partial charge is 0.335 e. The zero-order chi connectivity index (χ0) is 10.6. The predicted molar refractivity (Wildman–Crippen MR) is 57.1 cm³/mol. The molecule has 0 aromatic carbocycles. The van der Waals surface area contributed by atoms with Crippen molar-refractivity contribution in [2.75, 3.05) is 6.54 Å². The topological polar surface area (TPSA) is 67.1 Å². The van der Waals surface area contributed by atoms with E-state index in [1.807, 2.05) is 13.8 Å². The summed E-state index contributed by atoms with van der Waals surface area (Å²) in [6.07, 6.45) is 4.26. The van der Waals surface area contributed by atoms with Gasteiger partial charge in [-0.1, -0.05) is 0 Å².